The van der Waals surface area contributed by atoms with Crippen LogP contribution in [0.15, 0.2) is 46.7 Å². The van der Waals surface area contributed by atoms with Crippen LogP contribution < -0.4 is 35.0 Å². The molecular weight excluding hydrogens is 679 g/mol. The summed E-state index contributed by atoms with van der Waals surface area (Å²) in [6.45, 7) is 2.81. The average Bonchev–Trinajstić information content (AvgIpc) is 2.98. The first-order valence-electron chi connectivity index (χ1n) is 12.8. The van der Waals surface area contributed by atoms with Gasteiger partial charge in [-0.05, 0) is 71.8 Å². The molecule has 2 aromatic rings. The number of amides is 3. The highest BCUT2D eigenvalue weighted by Gasteiger charge is 2.32. The maximum atomic E-state index is 12.6. The van der Waals surface area contributed by atoms with Crippen molar-refractivity contribution in [3.8, 4) is 23.0 Å². The Balaban J connectivity index is 1.65. The Morgan fingerprint density at radius 2 is 1.77 bits per heavy atom. The van der Waals surface area contributed by atoms with E-state index in [1.165, 1.54) is 27.5 Å². The number of halogens is 1. The van der Waals surface area contributed by atoms with Crippen LogP contribution in [0.4, 0.5) is 4.79 Å². The van der Waals surface area contributed by atoms with Crippen LogP contribution in [0.2, 0.25) is 0 Å². The summed E-state index contributed by atoms with van der Waals surface area (Å²) >= 11 is 2.02. The summed E-state index contributed by atoms with van der Waals surface area (Å²) in [5.41, 5.74) is 4.15. The Morgan fingerprint density at radius 1 is 1.02 bits per heavy atom. The molecule has 15 heteroatoms. The number of urea groups is 1. The van der Waals surface area contributed by atoms with Crippen molar-refractivity contribution >= 4 is 52.7 Å². The number of benzene rings is 2. The summed E-state index contributed by atoms with van der Waals surface area (Å²) in [5, 5.41) is 9.25. The minimum absolute atomic E-state index is 0.172. The minimum atomic E-state index is -0.788. The number of hydrazone groups is 1. The number of allylic oxidation sites excluding steroid dienone is 1. The van der Waals surface area contributed by atoms with Gasteiger partial charge in [0.25, 0.3) is 5.91 Å². The van der Waals surface area contributed by atoms with E-state index in [2.05, 4.69) is 25.9 Å². The van der Waals surface area contributed by atoms with E-state index in [0.29, 0.717) is 31.9 Å². The van der Waals surface area contributed by atoms with Gasteiger partial charge in [-0.1, -0.05) is 6.07 Å². The molecule has 1 aliphatic heterocycles. The topological polar surface area (TPSA) is 172 Å². The van der Waals surface area contributed by atoms with Crippen LogP contribution in [0.3, 0.4) is 0 Å². The standard InChI is InChI=1S/C28H31IN4O10/c1-6-41-27(36)24-15(2)31-28(37)32-25(24)17-7-8-19(20(11-17)38-3)42-13-22(34)33-30-12-16-9-18(29)26(21(10-16)39-4)43-14-23(35)40-5/h7-12,25H,6,13-14H2,1-5H3,(H,33,34)(H2,31,32,37)/b30-12-/t25-/m0/s1. The number of carbonyl (C=O) groups excluding carboxylic acids is 4. The molecule has 1 heterocycles. The second kappa shape index (κ2) is 15.6. The smallest absolute Gasteiger partial charge is 0.343 e. The largest absolute Gasteiger partial charge is 0.493 e. The number of nitrogens with one attached hydrogen (secondary N) is 3. The third-order valence-corrected chi connectivity index (χ3v) is 6.66. The van der Waals surface area contributed by atoms with Crippen LogP contribution >= 0.6 is 22.6 Å². The first-order chi connectivity index (χ1) is 20.6. The van der Waals surface area contributed by atoms with Gasteiger partial charge in [0.05, 0.1) is 49.3 Å². The van der Waals surface area contributed by atoms with Gasteiger partial charge in [0.1, 0.15) is 0 Å². The molecule has 0 spiro atoms. The van der Waals surface area contributed by atoms with E-state index in [4.69, 9.17) is 23.7 Å². The van der Waals surface area contributed by atoms with Crippen LogP contribution in [-0.2, 0) is 23.9 Å². The maximum Gasteiger partial charge on any atom is 0.343 e. The van der Waals surface area contributed by atoms with Crippen molar-refractivity contribution in [1.29, 1.82) is 0 Å². The van der Waals surface area contributed by atoms with Gasteiger partial charge >= 0.3 is 18.0 Å². The number of carbonyl (C=O) groups is 4. The van der Waals surface area contributed by atoms with E-state index in [-0.39, 0.29) is 36.9 Å². The third kappa shape index (κ3) is 8.73. The predicted molar refractivity (Wildman–Crippen MR) is 161 cm³/mol. The Kier molecular flexibility index (Phi) is 12.0. The molecule has 0 saturated carbocycles. The number of nitrogens with zero attached hydrogens (tertiary/aromatic N) is 1. The molecule has 0 aromatic heterocycles. The highest BCUT2D eigenvalue weighted by molar-refractivity contribution is 14.1. The monoisotopic (exact) mass is 710 g/mol. The molecule has 1 aliphatic rings. The van der Waals surface area contributed by atoms with Crippen molar-refractivity contribution in [3.05, 3.63) is 56.3 Å². The van der Waals surface area contributed by atoms with Crippen molar-refractivity contribution in [3.63, 3.8) is 0 Å². The Morgan fingerprint density at radius 3 is 2.44 bits per heavy atom. The van der Waals surface area contributed by atoms with Crippen molar-refractivity contribution in [2.24, 2.45) is 5.10 Å². The van der Waals surface area contributed by atoms with E-state index in [9.17, 15) is 19.2 Å². The van der Waals surface area contributed by atoms with Crippen LogP contribution in [0.1, 0.15) is 31.0 Å². The van der Waals surface area contributed by atoms with E-state index in [1.54, 1.807) is 44.2 Å². The van der Waals surface area contributed by atoms with Gasteiger partial charge in [0.2, 0.25) is 0 Å². The van der Waals surface area contributed by atoms with Crippen LogP contribution in [0.5, 0.6) is 23.0 Å². The lowest BCUT2D eigenvalue weighted by Gasteiger charge is -2.28. The molecule has 0 saturated heterocycles. The maximum absolute atomic E-state index is 12.6. The molecule has 230 valence electrons. The lowest BCUT2D eigenvalue weighted by atomic mass is 9.95. The summed E-state index contributed by atoms with van der Waals surface area (Å²) in [6.07, 6.45) is 1.41. The first-order valence-corrected chi connectivity index (χ1v) is 13.8. The van der Waals surface area contributed by atoms with Gasteiger partial charge in [-0.2, -0.15) is 5.10 Å². The third-order valence-electron chi connectivity index (χ3n) is 5.86. The van der Waals surface area contributed by atoms with E-state index >= 15 is 0 Å². The zero-order valence-electron chi connectivity index (χ0n) is 24.1. The first kappa shape index (κ1) is 33.0. The second-order valence-electron chi connectivity index (χ2n) is 8.68. The average molecular weight is 710 g/mol. The lowest BCUT2D eigenvalue weighted by molar-refractivity contribution is -0.143. The molecule has 0 unspecified atom stereocenters. The summed E-state index contributed by atoms with van der Waals surface area (Å²) in [4.78, 5) is 48.5. The van der Waals surface area contributed by atoms with Crippen LogP contribution in [0, 0.1) is 3.57 Å². The normalized spacial score (nSPS) is 14.4. The van der Waals surface area contributed by atoms with Crippen molar-refractivity contribution < 1.29 is 47.6 Å². The summed E-state index contributed by atoms with van der Waals surface area (Å²) in [7, 11) is 4.14. The molecule has 3 N–H and O–H groups in total. The van der Waals surface area contributed by atoms with Crippen LogP contribution in [-0.4, -0.2) is 71.2 Å². The molecule has 3 amide bonds. The van der Waals surface area contributed by atoms with Gasteiger partial charge in [0, 0.05) is 5.70 Å². The quantitative estimate of drug-likeness (QED) is 0.122. The van der Waals surface area contributed by atoms with Gasteiger partial charge < -0.3 is 39.1 Å². The molecule has 3 rings (SSSR count). The summed E-state index contributed by atoms with van der Waals surface area (Å²) in [5.74, 6) is -0.377. The van der Waals surface area contributed by atoms with Gasteiger partial charge in [-0.15, -0.1) is 0 Å². The molecule has 0 aliphatic carbocycles. The molecule has 0 bridgehead atoms. The second-order valence-corrected chi connectivity index (χ2v) is 9.84. The molecular formula is C28H31IN4O10. The Bertz CT molecular complexity index is 1440. The Hall–Kier alpha value is -4.54. The number of rotatable bonds is 13. The predicted octanol–water partition coefficient (Wildman–Crippen LogP) is 2.58. The van der Waals surface area contributed by atoms with Crippen molar-refractivity contribution in [2.45, 2.75) is 19.9 Å². The fourth-order valence-corrected chi connectivity index (χ4v) is 4.69. The molecule has 1 atom stereocenters. The fourth-order valence-electron chi connectivity index (χ4n) is 3.91. The van der Waals surface area contributed by atoms with Crippen LogP contribution in [0.25, 0.3) is 0 Å². The summed E-state index contributed by atoms with van der Waals surface area (Å²) in [6, 6.07) is 6.90. The minimum Gasteiger partial charge on any atom is -0.493 e. The zero-order valence-corrected chi connectivity index (χ0v) is 26.2. The molecule has 0 fully saturated rings. The molecule has 14 nitrogen and oxygen atoms in total. The van der Waals surface area contributed by atoms with Crippen molar-refractivity contribution in [2.75, 3.05) is 41.2 Å². The SMILES string of the molecule is CCOC(=O)C1=C(C)NC(=O)N[C@H]1c1ccc(OCC(=O)N/N=C\c2cc(I)c(OCC(=O)OC)c(OC)c2)c(OC)c1. The highest BCUT2D eigenvalue weighted by atomic mass is 127. The number of methoxy groups -OCH3 is 3. The van der Waals surface area contributed by atoms with Gasteiger partial charge in [-0.25, -0.2) is 19.8 Å². The fraction of sp³-hybridized carbons (Fsp3) is 0.321. The van der Waals surface area contributed by atoms with E-state index in [0.717, 1.165) is 0 Å². The Labute approximate surface area is 261 Å². The van der Waals surface area contributed by atoms with E-state index < -0.39 is 29.9 Å². The van der Waals surface area contributed by atoms with Gasteiger partial charge in [0.15, 0.2) is 36.2 Å². The van der Waals surface area contributed by atoms with E-state index in [1.807, 2.05) is 22.6 Å². The number of hydrogen-bond donors (Lipinski definition) is 3. The summed E-state index contributed by atoms with van der Waals surface area (Å²) < 4.78 is 32.3. The molecule has 43 heavy (non-hydrogen) atoms. The zero-order chi connectivity index (χ0) is 31.5. The lowest BCUT2D eigenvalue weighted by Crippen LogP contribution is -2.45. The molecule has 2 aromatic carbocycles. The highest BCUT2D eigenvalue weighted by Crippen LogP contribution is 2.35. The number of ether oxygens (including phenoxy) is 6. The van der Waals surface area contributed by atoms with Gasteiger partial charge in [-0.3, -0.25) is 4.79 Å². The number of esters is 2. The van der Waals surface area contributed by atoms with Crippen molar-refractivity contribution in [1.82, 2.24) is 16.1 Å². The molecule has 0 radical (unpaired) electrons. The number of hydrogen-bond acceptors (Lipinski definition) is 11.